The smallest absolute Gasteiger partial charge is 0.432 e. The van der Waals surface area contributed by atoms with Gasteiger partial charge in [-0.2, -0.15) is 4.79 Å². The Hall–Kier alpha value is -0.670. The van der Waals surface area contributed by atoms with Gasteiger partial charge < -0.3 is 4.74 Å². The average Bonchev–Trinajstić information content (AvgIpc) is 2.18. The Morgan fingerprint density at radius 1 is 1.21 bits per heavy atom. The highest BCUT2D eigenvalue weighted by Crippen LogP contribution is 2.21. The minimum absolute atomic E-state index is 0.186. The van der Waals surface area contributed by atoms with Crippen molar-refractivity contribution >= 4 is 14.4 Å². The molecule has 0 aromatic heterocycles. The van der Waals surface area contributed by atoms with Crippen LogP contribution < -0.4 is 0 Å². The fourth-order valence-corrected chi connectivity index (χ4v) is 0.491. The van der Waals surface area contributed by atoms with Gasteiger partial charge >= 0.3 is 14.4 Å². The van der Waals surface area contributed by atoms with Crippen molar-refractivity contribution in [2.24, 2.45) is 0 Å². The summed E-state index contributed by atoms with van der Waals surface area (Å²) in [5, 5.41) is 0. The zero-order chi connectivity index (χ0) is 11.4. The summed E-state index contributed by atoms with van der Waals surface area (Å²) in [5.74, 6) is 0. The molecule has 0 aromatic rings. The molecule has 0 saturated carbocycles. The quantitative estimate of drug-likeness (QED) is 0.542. The number of carbonyl (C=O) groups is 1. The van der Waals surface area contributed by atoms with E-state index in [1.807, 2.05) is 0 Å². The van der Waals surface area contributed by atoms with E-state index in [4.69, 9.17) is 0 Å². The van der Waals surface area contributed by atoms with Crippen LogP contribution in [-0.2, 0) is 18.3 Å². The van der Waals surface area contributed by atoms with Crippen LogP contribution in [0, 0.1) is 0 Å². The molecule has 1 atom stereocenters. The Kier molecular flexibility index (Phi) is 13.9. The number of carbonyl (C=O) groups excluding carboxylic acids is 1. The predicted octanol–water partition coefficient (Wildman–Crippen LogP) is 3.27. The summed E-state index contributed by atoms with van der Waals surface area (Å²) in [6.45, 7) is 6.16. The molecule has 5 nitrogen and oxygen atoms in total. The van der Waals surface area contributed by atoms with Crippen molar-refractivity contribution in [3.05, 3.63) is 0 Å². The number of hydrogen-bond donors (Lipinski definition) is 0. The summed E-state index contributed by atoms with van der Waals surface area (Å²) in [5.41, 5.74) is 0. The second-order valence-electron chi connectivity index (χ2n) is 2.18. The number of unbranched alkanes of at least 4 members (excludes halogenated alkanes) is 1. The van der Waals surface area contributed by atoms with Crippen molar-refractivity contribution in [1.82, 2.24) is 0 Å². The molecule has 0 radical (unpaired) electrons. The lowest BCUT2D eigenvalue weighted by Gasteiger charge is -1.90. The van der Waals surface area contributed by atoms with Gasteiger partial charge in [-0.25, -0.2) is 0 Å². The molecule has 0 fully saturated rings. The maximum Gasteiger partial charge on any atom is 0.756 e. The van der Waals surface area contributed by atoms with Gasteiger partial charge in [0.25, 0.3) is 0 Å². The van der Waals surface area contributed by atoms with Crippen LogP contribution in [0.3, 0.4) is 0 Å². The SMILES string of the molecule is CCCC.CCOC(=O)O[P+](=O)OC. The molecule has 0 spiro atoms. The normalized spacial score (nSPS) is 9.57. The Bertz CT molecular complexity index is 158. The summed E-state index contributed by atoms with van der Waals surface area (Å²) in [6.07, 6.45) is 1.66. The molecular formula is C8H18O5P+. The van der Waals surface area contributed by atoms with E-state index in [2.05, 4.69) is 27.6 Å². The van der Waals surface area contributed by atoms with E-state index >= 15 is 0 Å². The first-order chi connectivity index (χ1) is 6.62. The van der Waals surface area contributed by atoms with Gasteiger partial charge in [-0.05, 0) is 6.92 Å². The highest BCUT2D eigenvalue weighted by molar-refractivity contribution is 7.33. The topological polar surface area (TPSA) is 61.8 Å². The lowest BCUT2D eigenvalue weighted by molar-refractivity contribution is 0.101. The summed E-state index contributed by atoms with van der Waals surface area (Å²) in [6, 6.07) is 0. The molecule has 0 rings (SSSR count). The molecule has 0 saturated heterocycles. The lowest BCUT2D eigenvalue weighted by Crippen LogP contribution is -2.01. The zero-order valence-corrected chi connectivity index (χ0v) is 10.0. The zero-order valence-electron chi connectivity index (χ0n) is 9.11. The molecule has 0 bridgehead atoms. The van der Waals surface area contributed by atoms with E-state index in [1.165, 1.54) is 12.8 Å². The number of ether oxygens (including phenoxy) is 1. The molecule has 84 valence electrons. The first-order valence-corrected chi connectivity index (χ1v) is 5.57. The third-order valence-corrected chi connectivity index (χ3v) is 1.66. The average molecular weight is 225 g/mol. The molecule has 0 heterocycles. The van der Waals surface area contributed by atoms with Crippen LogP contribution in [0.2, 0.25) is 0 Å². The summed E-state index contributed by atoms with van der Waals surface area (Å²) in [7, 11) is -1.19. The fraction of sp³-hybridized carbons (Fsp3) is 0.875. The van der Waals surface area contributed by atoms with Crippen molar-refractivity contribution in [3.8, 4) is 0 Å². The molecule has 14 heavy (non-hydrogen) atoms. The Morgan fingerprint density at radius 2 is 1.71 bits per heavy atom. The van der Waals surface area contributed by atoms with Gasteiger partial charge in [0.05, 0.1) is 13.7 Å². The molecule has 1 unspecified atom stereocenters. The van der Waals surface area contributed by atoms with Gasteiger partial charge in [0.2, 0.25) is 0 Å². The van der Waals surface area contributed by atoms with Gasteiger partial charge in [0, 0.05) is 4.57 Å². The first-order valence-electron chi connectivity index (χ1n) is 4.48. The third-order valence-electron chi connectivity index (χ3n) is 1.06. The minimum atomic E-state index is -2.35. The van der Waals surface area contributed by atoms with Crippen molar-refractivity contribution < 1.29 is 23.1 Å². The highest BCUT2D eigenvalue weighted by atomic mass is 31.1. The molecule has 0 aliphatic carbocycles. The Labute approximate surface area is 85.7 Å². The van der Waals surface area contributed by atoms with Crippen molar-refractivity contribution in [3.63, 3.8) is 0 Å². The molecule has 0 aliphatic heterocycles. The van der Waals surface area contributed by atoms with Crippen LogP contribution in [0.5, 0.6) is 0 Å². The van der Waals surface area contributed by atoms with E-state index in [1.54, 1.807) is 6.92 Å². The highest BCUT2D eigenvalue weighted by Gasteiger charge is 2.24. The van der Waals surface area contributed by atoms with Crippen LogP contribution in [0.15, 0.2) is 0 Å². The second-order valence-corrected chi connectivity index (χ2v) is 3.18. The lowest BCUT2D eigenvalue weighted by atomic mass is 10.4. The molecule has 0 N–H and O–H groups in total. The van der Waals surface area contributed by atoms with Gasteiger partial charge in [0.1, 0.15) is 0 Å². The van der Waals surface area contributed by atoms with Crippen molar-refractivity contribution in [2.45, 2.75) is 33.6 Å². The standard InChI is InChI=1S/C4H8O5P.C4H10/c1-3-8-4(5)9-10(6)7-2;1-3-4-2/h3H2,1-2H3;3-4H2,1-2H3/q+1;. The van der Waals surface area contributed by atoms with Gasteiger partial charge in [-0.3, -0.25) is 0 Å². The Morgan fingerprint density at radius 3 is 2.00 bits per heavy atom. The van der Waals surface area contributed by atoms with Crippen LogP contribution in [0.4, 0.5) is 4.79 Å². The maximum atomic E-state index is 10.3. The molecule has 0 aromatic carbocycles. The fourth-order valence-electron chi connectivity index (χ4n) is 0.242. The van der Waals surface area contributed by atoms with E-state index in [-0.39, 0.29) is 6.61 Å². The van der Waals surface area contributed by atoms with E-state index in [9.17, 15) is 9.36 Å². The molecule has 6 heteroatoms. The van der Waals surface area contributed by atoms with Crippen molar-refractivity contribution in [2.75, 3.05) is 13.7 Å². The summed E-state index contributed by atoms with van der Waals surface area (Å²) >= 11 is 0. The number of hydrogen-bond acceptors (Lipinski definition) is 5. The second kappa shape index (κ2) is 12.3. The van der Waals surface area contributed by atoms with E-state index in [0.717, 1.165) is 7.11 Å². The Balaban J connectivity index is 0. The largest absolute Gasteiger partial charge is 0.756 e. The number of rotatable bonds is 4. The van der Waals surface area contributed by atoms with E-state index < -0.39 is 14.4 Å². The third kappa shape index (κ3) is 13.9. The summed E-state index contributed by atoms with van der Waals surface area (Å²) in [4.78, 5) is 10.3. The van der Waals surface area contributed by atoms with Gasteiger partial charge in [0.15, 0.2) is 0 Å². The first kappa shape index (κ1) is 15.8. The van der Waals surface area contributed by atoms with Crippen molar-refractivity contribution in [1.29, 1.82) is 0 Å². The molecule has 0 amide bonds. The molecule has 0 aliphatic rings. The van der Waals surface area contributed by atoms with Gasteiger partial charge in [-0.15, -0.1) is 9.05 Å². The van der Waals surface area contributed by atoms with Gasteiger partial charge in [-0.1, -0.05) is 26.7 Å². The minimum Gasteiger partial charge on any atom is -0.432 e. The van der Waals surface area contributed by atoms with Crippen LogP contribution in [-0.4, -0.2) is 19.9 Å². The maximum absolute atomic E-state index is 10.3. The summed E-state index contributed by atoms with van der Waals surface area (Å²) < 4.78 is 22.8. The van der Waals surface area contributed by atoms with Crippen LogP contribution in [0.1, 0.15) is 33.6 Å². The predicted molar refractivity (Wildman–Crippen MR) is 53.3 cm³/mol. The van der Waals surface area contributed by atoms with Crippen LogP contribution in [0.25, 0.3) is 0 Å². The van der Waals surface area contributed by atoms with Crippen LogP contribution >= 0.6 is 8.25 Å². The van der Waals surface area contributed by atoms with E-state index in [0.29, 0.717) is 0 Å². The molecular weight excluding hydrogens is 207 g/mol. The monoisotopic (exact) mass is 225 g/mol.